The summed E-state index contributed by atoms with van der Waals surface area (Å²) in [5.74, 6) is 0. The highest BCUT2D eigenvalue weighted by Crippen LogP contribution is 2.12. The number of aliphatic hydroxyl groups is 1. The molecule has 17 heavy (non-hydrogen) atoms. The standard InChI is InChI=1S/C14H30N2O/c1-4-5-8-15-10-12-16(13-11-15)9-6-7-14(2,3)17/h17H,4-13H2,1-3H3. The summed E-state index contributed by atoms with van der Waals surface area (Å²) in [6, 6.07) is 0. The SMILES string of the molecule is CCCCN1CCN(CCCC(C)(C)O)CC1. The number of piperazine rings is 1. The van der Waals surface area contributed by atoms with Crippen LogP contribution in [0.5, 0.6) is 0 Å². The van der Waals surface area contributed by atoms with E-state index < -0.39 is 5.60 Å². The molecular formula is C14H30N2O. The monoisotopic (exact) mass is 242 g/mol. The molecule has 0 atom stereocenters. The van der Waals surface area contributed by atoms with Gasteiger partial charge in [-0.3, -0.25) is 0 Å². The Bertz CT molecular complexity index is 193. The van der Waals surface area contributed by atoms with Gasteiger partial charge in [0, 0.05) is 26.2 Å². The van der Waals surface area contributed by atoms with Crippen LogP contribution in [0.4, 0.5) is 0 Å². The zero-order valence-electron chi connectivity index (χ0n) is 11.9. The molecule has 1 heterocycles. The molecular weight excluding hydrogens is 212 g/mol. The lowest BCUT2D eigenvalue weighted by Crippen LogP contribution is -2.46. The van der Waals surface area contributed by atoms with E-state index in [-0.39, 0.29) is 0 Å². The van der Waals surface area contributed by atoms with E-state index in [0.717, 1.165) is 19.4 Å². The zero-order valence-corrected chi connectivity index (χ0v) is 11.9. The summed E-state index contributed by atoms with van der Waals surface area (Å²) in [5, 5.41) is 9.66. The van der Waals surface area contributed by atoms with Crippen LogP contribution in [-0.4, -0.2) is 59.8 Å². The highest BCUT2D eigenvalue weighted by molar-refractivity contribution is 4.73. The fraction of sp³-hybridized carbons (Fsp3) is 1.00. The quantitative estimate of drug-likeness (QED) is 0.739. The summed E-state index contributed by atoms with van der Waals surface area (Å²) in [6.45, 7) is 13.3. The zero-order chi connectivity index (χ0) is 12.7. The molecule has 102 valence electrons. The van der Waals surface area contributed by atoms with Crippen molar-refractivity contribution < 1.29 is 5.11 Å². The molecule has 0 bridgehead atoms. The van der Waals surface area contributed by atoms with E-state index >= 15 is 0 Å². The second kappa shape index (κ2) is 7.34. The predicted octanol–water partition coefficient (Wildman–Crippen LogP) is 1.96. The molecule has 0 amide bonds. The Hall–Kier alpha value is -0.120. The third kappa shape index (κ3) is 7.02. The molecule has 0 aliphatic carbocycles. The van der Waals surface area contributed by atoms with Crippen molar-refractivity contribution in [2.75, 3.05) is 39.3 Å². The molecule has 0 unspecified atom stereocenters. The van der Waals surface area contributed by atoms with Crippen LogP contribution in [0.1, 0.15) is 46.5 Å². The second-order valence-electron chi connectivity index (χ2n) is 5.95. The van der Waals surface area contributed by atoms with Crippen LogP contribution >= 0.6 is 0 Å². The molecule has 0 spiro atoms. The summed E-state index contributed by atoms with van der Waals surface area (Å²) in [6.07, 6.45) is 4.64. The minimum absolute atomic E-state index is 0.497. The van der Waals surface area contributed by atoms with E-state index in [2.05, 4.69) is 16.7 Å². The van der Waals surface area contributed by atoms with Crippen molar-refractivity contribution in [1.29, 1.82) is 0 Å². The average molecular weight is 242 g/mol. The van der Waals surface area contributed by atoms with Gasteiger partial charge in [-0.1, -0.05) is 13.3 Å². The largest absolute Gasteiger partial charge is 0.390 e. The van der Waals surface area contributed by atoms with Gasteiger partial charge in [-0.15, -0.1) is 0 Å². The predicted molar refractivity (Wildman–Crippen MR) is 73.3 cm³/mol. The third-order valence-electron chi connectivity index (χ3n) is 3.56. The summed E-state index contributed by atoms with van der Waals surface area (Å²) in [4.78, 5) is 5.12. The van der Waals surface area contributed by atoms with Gasteiger partial charge in [0.15, 0.2) is 0 Å². The molecule has 1 N–H and O–H groups in total. The highest BCUT2D eigenvalue weighted by atomic mass is 16.3. The summed E-state index contributed by atoms with van der Waals surface area (Å²) < 4.78 is 0. The average Bonchev–Trinajstić information content (AvgIpc) is 2.26. The van der Waals surface area contributed by atoms with Gasteiger partial charge in [-0.2, -0.15) is 0 Å². The maximum Gasteiger partial charge on any atom is 0.0592 e. The van der Waals surface area contributed by atoms with Crippen LogP contribution in [0.2, 0.25) is 0 Å². The topological polar surface area (TPSA) is 26.7 Å². The van der Waals surface area contributed by atoms with Crippen molar-refractivity contribution >= 4 is 0 Å². The Morgan fingerprint density at radius 1 is 0.941 bits per heavy atom. The van der Waals surface area contributed by atoms with Gasteiger partial charge < -0.3 is 14.9 Å². The van der Waals surface area contributed by atoms with Crippen LogP contribution < -0.4 is 0 Å². The smallest absolute Gasteiger partial charge is 0.0592 e. The molecule has 1 aliphatic rings. The first-order valence-electron chi connectivity index (χ1n) is 7.18. The lowest BCUT2D eigenvalue weighted by molar-refractivity contribution is 0.0608. The van der Waals surface area contributed by atoms with Crippen molar-refractivity contribution in [1.82, 2.24) is 9.80 Å². The summed E-state index contributed by atoms with van der Waals surface area (Å²) in [5.41, 5.74) is -0.497. The fourth-order valence-corrected chi connectivity index (χ4v) is 2.35. The molecule has 0 saturated carbocycles. The Kier molecular flexibility index (Phi) is 6.45. The molecule has 1 fully saturated rings. The number of unbranched alkanes of at least 4 members (excludes halogenated alkanes) is 1. The Morgan fingerprint density at radius 3 is 1.82 bits per heavy atom. The molecule has 3 heteroatoms. The van der Waals surface area contributed by atoms with Crippen LogP contribution in [-0.2, 0) is 0 Å². The molecule has 0 aromatic carbocycles. The fourth-order valence-electron chi connectivity index (χ4n) is 2.35. The van der Waals surface area contributed by atoms with Gasteiger partial charge in [0.2, 0.25) is 0 Å². The van der Waals surface area contributed by atoms with E-state index in [1.165, 1.54) is 45.6 Å². The maximum atomic E-state index is 9.66. The van der Waals surface area contributed by atoms with E-state index in [0.29, 0.717) is 0 Å². The van der Waals surface area contributed by atoms with Gasteiger partial charge in [0.1, 0.15) is 0 Å². The highest BCUT2D eigenvalue weighted by Gasteiger charge is 2.17. The van der Waals surface area contributed by atoms with E-state index in [1.54, 1.807) is 0 Å². The van der Waals surface area contributed by atoms with E-state index in [4.69, 9.17) is 0 Å². The first kappa shape index (κ1) is 14.9. The van der Waals surface area contributed by atoms with Crippen molar-refractivity contribution in [2.45, 2.75) is 52.1 Å². The Labute approximate surface area is 107 Å². The molecule has 1 aliphatic heterocycles. The molecule has 3 nitrogen and oxygen atoms in total. The van der Waals surface area contributed by atoms with Gasteiger partial charge in [0.25, 0.3) is 0 Å². The number of nitrogens with zero attached hydrogens (tertiary/aromatic N) is 2. The first-order chi connectivity index (χ1) is 8.01. The van der Waals surface area contributed by atoms with Crippen LogP contribution in [0.3, 0.4) is 0 Å². The van der Waals surface area contributed by atoms with Crippen LogP contribution in [0.15, 0.2) is 0 Å². The van der Waals surface area contributed by atoms with Gasteiger partial charge in [0.05, 0.1) is 5.60 Å². The van der Waals surface area contributed by atoms with Crippen LogP contribution in [0, 0.1) is 0 Å². The number of hydrogen-bond acceptors (Lipinski definition) is 3. The van der Waals surface area contributed by atoms with E-state index in [1.807, 2.05) is 13.8 Å². The Morgan fingerprint density at radius 2 is 1.41 bits per heavy atom. The van der Waals surface area contributed by atoms with Crippen molar-refractivity contribution in [3.8, 4) is 0 Å². The summed E-state index contributed by atoms with van der Waals surface area (Å²) in [7, 11) is 0. The molecule has 0 aromatic rings. The first-order valence-corrected chi connectivity index (χ1v) is 7.18. The van der Waals surface area contributed by atoms with Crippen molar-refractivity contribution in [2.24, 2.45) is 0 Å². The lowest BCUT2D eigenvalue weighted by atomic mass is 10.0. The third-order valence-corrected chi connectivity index (χ3v) is 3.56. The van der Waals surface area contributed by atoms with Gasteiger partial charge in [-0.05, 0) is 46.2 Å². The molecule has 0 aromatic heterocycles. The van der Waals surface area contributed by atoms with Gasteiger partial charge in [-0.25, -0.2) is 0 Å². The summed E-state index contributed by atoms with van der Waals surface area (Å²) >= 11 is 0. The second-order valence-corrected chi connectivity index (χ2v) is 5.95. The number of rotatable bonds is 7. The molecule has 1 rings (SSSR count). The maximum absolute atomic E-state index is 9.66. The molecule has 0 radical (unpaired) electrons. The minimum Gasteiger partial charge on any atom is -0.390 e. The van der Waals surface area contributed by atoms with Gasteiger partial charge >= 0.3 is 0 Å². The molecule has 1 saturated heterocycles. The normalized spacial score (nSPS) is 19.8. The lowest BCUT2D eigenvalue weighted by Gasteiger charge is -2.35. The van der Waals surface area contributed by atoms with Crippen molar-refractivity contribution in [3.63, 3.8) is 0 Å². The minimum atomic E-state index is -0.497. The number of hydrogen-bond donors (Lipinski definition) is 1. The Balaban J connectivity index is 2.07. The van der Waals surface area contributed by atoms with Crippen LogP contribution in [0.25, 0.3) is 0 Å². The van der Waals surface area contributed by atoms with Crippen molar-refractivity contribution in [3.05, 3.63) is 0 Å². The van der Waals surface area contributed by atoms with E-state index in [9.17, 15) is 5.11 Å².